The van der Waals surface area contributed by atoms with Gasteiger partial charge in [0.1, 0.15) is 5.82 Å². The molecule has 0 amide bonds. The number of hydrogen-bond donors (Lipinski definition) is 0. The number of para-hydroxylation sites is 4. The lowest BCUT2D eigenvalue weighted by molar-refractivity contribution is 0.639. The quantitative estimate of drug-likeness (QED) is 0.189. The monoisotopic (exact) mass is 665 g/mol. The number of rotatable bonds is 3. The van der Waals surface area contributed by atoms with E-state index in [0.29, 0.717) is 11.4 Å². The van der Waals surface area contributed by atoms with Crippen molar-refractivity contribution in [2.24, 2.45) is 0 Å². The molecule has 0 radical (unpaired) electrons. The Morgan fingerprint density at radius 3 is 1.37 bits per heavy atom. The first-order valence-corrected chi connectivity index (χ1v) is 17.5. The molecule has 0 unspecified atom stereocenters. The summed E-state index contributed by atoms with van der Waals surface area (Å²) in [5, 5.41) is 9.22. The van der Waals surface area contributed by atoms with Gasteiger partial charge in [-0.2, -0.15) is 4.98 Å². The molecule has 0 saturated carbocycles. The van der Waals surface area contributed by atoms with Crippen LogP contribution in [0.1, 0.15) is 0 Å². The Hall–Kier alpha value is -7.18. The Bertz CT molecular complexity index is 3380. The normalized spacial score (nSPS) is 12.2. The molecule has 0 atom stereocenters. The average Bonchev–Trinajstić information content (AvgIpc) is 3.93. The molecule has 0 fully saturated rings. The van der Waals surface area contributed by atoms with Crippen LogP contribution in [0, 0.1) is 0 Å². The zero-order valence-corrected chi connectivity index (χ0v) is 27.7. The summed E-state index contributed by atoms with van der Waals surface area (Å²) in [5.74, 6) is 0.806. The number of nitrogens with zero attached hydrogens (tertiary/aromatic N) is 5. The van der Waals surface area contributed by atoms with Crippen molar-refractivity contribution in [3.8, 4) is 17.2 Å². The second-order valence-electron chi connectivity index (χ2n) is 13.5. The lowest BCUT2D eigenvalue weighted by atomic mass is 10.1. The minimum atomic E-state index is 0.583. The summed E-state index contributed by atoms with van der Waals surface area (Å²) in [6.45, 7) is 0. The van der Waals surface area contributed by atoms with Crippen LogP contribution in [-0.4, -0.2) is 23.7 Å². The van der Waals surface area contributed by atoms with Gasteiger partial charge in [-0.3, -0.25) is 4.57 Å². The molecule has 0 spiro atoms. The molecule has 0 bridgehead atoms. The topological polar surface area (TPSA) is 53.7 Å². The molecule has 0 aliphatic rings. The predicted octanol–water partition coefficient (Wildman–Crippen LogP) is 11.7. The first-order valence-electron chi connectivity index (χ1n) is 17.5. The number of hydrogen-bond acceptors (Lipinski definition) is 3. The molecule has 6 nitrogen and oxygen atoms in total. The Morgan fingerprint density at radius 1 is 0.346 bits per heavy atom. The zero-order valence-electron chi connectivity index (χ0n) is 27.7. The molecule has 242 valence electrons. The van der Waals surface area contributed by atoms with Crippen molar-refractivity contribution >= 4 is 87.6 Å². The SMILES string of the molecule is c1cnc2oc3nc(-n4c5ccccc5c5cc(-n6c7ccccc7c7cc(-n8c9ccccc9c9ccccc98)ccc76)ccc54)ccc3c2c1. The molecule has 12 aromatic rings. The van der Waals surface area contributed by atoms with Crippen molar-refractivity contribution in [1.82, 2.24) is 23.7 Å². The van der Waals surface area contributed by atoms with Gasteiger partial charge < -0.3 is 13.6 Å². The molecule has 0 saturated heterocycles. The van der Waals surface area contributed by atoms with Crippen molar-refractivity contribution < 1.29 is 4.42 Å². The molecule has 6 aromatic carbocycles. The lowest BCUT2D eigenvalue weighted by Gasteiger charge is -2.11. The van der Waals surface area contributed by atoms with Gasteiger partial charge in [-0.05, 0) is 84.9 Å². The largest absolute Gasteiger partial charge is 0.419 e. The molecular formula is C46H27N5O. The van der Waals surface area contributed by atoms with Crippen molar-refractivity contribution in [3.63, 3.8) is 0 Å². The Labute approximate surface area is 296 Å². The van der Waals surface area contributed by atoms with E-state index in [0.717, 1.165) is 44.4 Å². The van der Waals surface area contributed by atoms with Gasteiger partial charge in [0.2, 0.25) is 11.4 Å². The van der Waals surface area contributed by atoms with E-state index in [1.165, 1.54) is 49.0 Å². The third kappa shape index (κ3) is 3.67. The molecule has 0 aliphatic carbocycles. The number of furan rings is 1. The van der Waals surface area contributed by atoms with Gasteiger partial charge in [-0.25, -0.2) is 4.98 Å². The molecule has 12 rings (SSSR count). The Balaban J connectivity index is 1.08. The number of benzene rings is 6. The van der Waals surface area contributed by atoms with Crippen LogP contribution in [0.4, 0.5) is 0 Å². The second-order valence-corrected chi connectivity index (χ2v) is 13.5. The molecule has 6 heterocycles. The van der Waals surface area contributed by atoms with Gasteiger partial charge in [0.05, 0.1) is 38.5 Å². The highest BCUT2D eigenvalue weighted by atomic mass is 16.3. The number of pyridine rings is 2. The lowest BCUT2D eigenvalue weighted by Crippen LogP contribution is -1.98. The standard InChI is InChI=1S/C46H27N5O/c1-5-15-38-30(10-1)31-11-2-6-16-39(31)49(38)28-19-22-42-36(26-28)32-12-3-7-17-40(32)50(42)29-20-23-43-37(27-29)33-13-4-8-18-41(33)51(43)44-24-21-35-34-14-9-25-47-45(34)52-46(35)48-44/h1-27H. The molecule has 52 heavy (non-hydrogen) atoms. The van der Waals surface area contributed by atoms with Gasteiger partial charge in [0, 0.05) is 55.3 Å². The highest BCUT2D eigenvalue weighted by Gasteiger charge is 2.19. The minimum absolute atomic E-state index is 0.583. The van der Waals surface area contributed by atoms with Gasteiger partial charge in [0.25, 0.3) is 0 Å². The molecular weight excluding hydrogens is 639 g/mol. The highest BCUT2D eigenvalue weighted by Crippen LogP contribution is 2.39. The first kappa shape index (κ1) is 27.6. The summed E-state index contributed by atoms with van der Waals surface area (Å²) in [6, 6.07) is 56.5. The van der Waals surface area contributed by atoms with E-state index in [4.69, 9.17) is 9.40 Å². The van der Waals surface area contributed by atoms with E-state index in [9.17, 15) is 0 Å². The summed E-state index contributed by atoms with van der Waals surface area (Å²) >= 11 is 0. The summed E-state index contributed by atoms with van der Waals surface area (Å²) in [6.07, 6.45) is 1.75. The van der Waals surface area contributed by atoms with Gasteiger partial charge in [-0.1, -0.05) is 72.8 Å². The van der Waals surface area contributed by atoms with E-state index in [1.807, 2.05) is 12.1 Å². The van der Waals surface area contributed by atoms with Crippen LogP contribution in [0.15, 0.2) is 168 Å². The summed E-state index contributed by atoms with van der Waals surface area (Å²) in [5.41, 5.74) is 10.4. The van der Waals surface area contributed by atoms with Crippen LogP contribution >= 0.6 is 0 Å². The van der Waals surface area contributed by atoms with E-state index in [1.54, 1.807) is 6.20 Å². The maximum atomic E-state index is 6.10. The fraction of sp³-hybridized carbons (Fsp3) is 0. The van der Waals surface area contributed by atoms with Gasteiger partial charge in [0.15, 0.2) is 0 Å². The van der Waals surface area contributed by atoms with Crippen LogP contribution < -0.4 is 0 Å². The molecule has 6 aromatic heterocycles. The maximum absolute atomic E-state index is 6.10. The van der Waals surface area contributed by atoms with Crippen LogP contribution in [0.5, 0.6) is 0 Å². The van der Waals surface area contributed by atoms with Crippen molar-refractivity contribution in [2.75, 3.05) is 0 Å². The fourth-order valence-electron chi connectivity index (χ4n) is 8.53. The van der Waals surface area contributed by atoms with Gasteiger partial charge in [-0.15, -0.1) is 0 Å². The van der Waals surface area contributed by atoms with Crippen molar-refractivity contribution in [2.45, 2.75) is 0 Å². The maximum Gasteiger partial charge on any atom is 0.231 e. The highest BCUT2D eigenvalue weighted by molar-refractivity contribution is 6.14. The van der Waals surface area contributed by atoms with E-state index < -0.39 is 0 Å². The minimum Gasteiger partial charge on any atom is -0.419 e. The molecule has 6 heteroatoms. The van der Waals surface area contributed by atoms with E-state index >= 15 is 0 Å². The van der Waals surface area contributed by atoms with Crippen molar-refractivity contribution in [1.29, 1.82) is 0 Å². The van der Waals surface area contributed by atoms with Crippen molar-refractivity contribution in [3.05, 3.63) is 164 Å². The van der Waals surface area contributed by atoms with Crippen LogP contribution in [0.25, 0.3) is 105 Å². The van der Waals surface area contributed by atoms with Crippen LogP contribution in [0.2, 0.25) is 0 Å². The predicted molar refractivity (Wildman–Crippen MR) is 212 cm³/mol. The Kier molecular flexibility index (Phi) is 5.41. The van der Waals surface area contributed by atoms with E-state index in [-0.39, 0.29) is 0 Å². The fourth-order valence-corrected chi connectivity index (χ4v) is 8.53. The number of fused-ring (bicyclic) bond motifs is 12. The zero-order chi connectivity index (χ0) is 33.9. The van der Waals surface area contributed by atoms with E-state index in [2.05, 4.69) is 164 Å². The molecule has 0 N–H and O–H groups in total. The number of aromatic nitrogens is 5. The molecule has 0 aliphatic heterocycles. The third-order valence-electron chi connectivity index (χ3n) is 10.7. The van der Waals surface area contributed by atoms with Crippen LogP contribution in [-0.2, 0) is 0 Å². The first-order chi connectivity index (χ1) is 25.8. The average molecular weight is 666 g/mol. The smallest absolute Gasteiger partial charge is 0.231 e. The summed E-state index contributed by atoms with van der Waals surface area (Å²) in [7, 11) is 0. The summed E-state index contributed by atoms with van der Waals surface area (Å²) in [4.78, 5) is 9.44. The summed E-state index contributed by atoms with van der Waals surface area (Å²) < 4.78 is 13.1. The second kappa shape index (κ2) is 10.2. The van der Waals surface area contributed by atoms with Gasteiger partial charge >= 0.3 is 0 Å². The van der Waals surface area contributed by atoms with Crippen LogP contribution in [0.3, 0.4) is 0 Å². The Morgan fingerprint density at radius 2 is 0.788 bits per heavy atom. The third-order valence-corrected chi connectivity index (χ3v) is 10.7.